The topological polar surface area (TPSA) is 59.9 Å². The van der Waals surface area contributed by atoms with Crippen LogP contribution in [0.5, 0.6) is 0 Å². The average molecular weight is 252 g/mol. The summed E-state index contributed by atoms with van der Waals surface area (Å²) in [6.07, 6.45) is 6.60. The van der Waals surface area contributed by atoms with Crippen LogP contribution in [0.1, 0.15) is 26.2 Å². The Kier molecular flexibility index (Phi) is 4.49. The molecule has 1 fully saturated rings. The van der Waals surface area contributed by atoms with Crippen LogP contribution in [-0.4, -0.2) is 43.9 Å². The fraction of sp³-hybridized carbons (Fsp3) is 0.692. The molecule has 1 saturated carbocycles. The van der Waals surface area contributed by atoms with E-state index in [2.05, 4.69) is 10.3 Å². The molecule has 5 nitrogen and oxygen atoms in total. The Labute approximate surface area is 107 Å². The standard InChI is InChI=1S/C13H20N2O3/c1-9(16)8-17-11-3-4-13(15-7-11)18-12-5-10(6-12)14-2/h4,7,10-12,14H,3,5-6,8H2,1-2H3. The van der Waals surface area contributed by atoms with Gasteiger partial charge in [0.2, 0.25) is 5.88 Å². The fourth-order valence-corrected chi connectivity index (χ4v) is 1.97. The Morgan fingerprint density at radius 2 is 2.33 bits per heavy atom. The van der Waals surface area contributed by atoms with Gasteiger partial charge in [0.15, 0.2) is 5.78 Å². The van der Waals surface area contributed by atoms with Crippen LogP contribution in [0, 0.1) is 0 Å². The SMILES string of the molecule is CNC1CC(OC2=CCC(OCC(C)=O)C=N2)C1. The second-order valence-corrected chi connectivity index (χ2v) is 4.80. The quantitative estimate of drug-likeness (QED) is 0.767. The smallest absolute Gasteiger partial charge is 0.209 e. The summed E-state index contributed by atoms with van der Waals surface area (Å²) in [6.45, 7) is 1.66. The summed E-state index contributed by atoms with van der Waals surface area (Å²) in [4.78, 5) is 15.0. The molecule has 0 spiro atoms. The van der Waals surface area contributed by atoms with Crippen LogP contribution in [0.15, 0.2) is 17.0 Å². The Hall–Kier alpha value is -1.20. The number of Topliss-reactive ketones (excluding diaryl/α,β-unsaturated/α-hetero) is 1. The number of rotatable bonds is 6. The lowest BCUT2D eigenvalue weighted by Gasteiger charge is -2.35. The molecule has 100 valence electrons. The average Bonchev–Trinajstić information content (AvgIpc) is 2.32. The molecular formula is C13H20N2O3. The highest BCUT2D eigenvalue weighted by Gasteiger charge is 2.30. The molecular weight excluding hydrogens is 232 g/mol. The summed E-state index contributed by atoms with van der Waals surface area (Å²) >= 11 is 0. The molecule has 1 N–H and O–H groups in total. The van der Waals surface area contributed by atoms with Crippen molar-refractivity contribution < 1.29 is 14.3 Å². The first-order valence-corrected chi connectivity index (χ1v) is 6.36. The molecule has 1 aliphatic carbocycles. The molecule has 0 radical (unpaired) electrons. The lowest BCUT2D eigenvalue weighted by molar-refractivity contribution is -0.122. The van der Waals surface area contributed by atoms with Gasteiger partial charge in [-0.15, -0.1) is 0 Å². The number of hydrogen-bond donors (Lipinski definition) is 1. The highest BCUT2D eigenvalue weighted by atomic mass is 16.5. The van der Waals surface area contributed by atoms with E-state index in [-0.39, 0.29) is 24.6 Å². The second kappa shape index (κ2) is 6.11. The van der Waals surface area contributed by atoms with Crippen molar-refractivity contribution in [2.75, 3.05) is 13.7 Å². The highest BCUT2D eigenvalue weighted by molar-refractivity contribution is 5.77. The van der Waals surface area contributed by atoms with Crippen molar-refractivity contribution in [1.82, 2.24) is 5.32 Å². The van der Waals surface area contributed by atoms with Gasteiger partial charge >= 0.3 is 0 Å². The molecule has 0 saturated heterocycles. The van der Waals surface area contributed by atoms with E-state index in [9.17, 15) is 4.79 Å². The number of ketones is 1. The number of carbonyl (C=O) groups is 1. The van der Waals surface area contributed by atoms with Gasteiger partial charge in [-0.25, -0.2) is 4.99 Å². The van der Waals surface area contributed by atoms with Crippen LogP contribution < -0.4 is 5.32 Å². The summed E-state index contributed by atoms with van der Waals surface area (Å²) in [6, 6.07) is 0.579. The van der Waals surface area contributed by atoms with Crippen LogP contribution in [0.25, 0.3) is 0 Å². The molecule has 1 heterocycles. The maximum atomic E-state index is 10.8. The predicted molar refractivity (Wildman–Crippen MR) is 68.6 cm³/mol. The lowest BCUT2D eigenvalue weighted by atomic mass is 9.89. The molecule has 0 bridgehead atoms. The second-order valence-electron chi connectivity index (χ2n) is 4.80. The Bertz CT molecular complexity index is 359. The molecule has 18 heavy (non-hydrogen) atoms. The zero-order valence-electron chi connectivity index (χ0n) is 10.9. The third-order valence-corrected chi connectivity index (χ3v) is 3.18. The van der Waals surface area contributed by atoms with Crippen molar-refractivity contribution in [3.8, 4) is 0 Å². The third kappa shape index (κ3) is 3.65. The molecule has 0 amide bonds. The largest absolute Gasteiger partial charge is 0.474 e. The van der Waals surface area contributed by atoms with Gasteiger partial charge in [-0.1, -0.05) is 0 Å². The minimum atomic E-state index is -0.104. The first-order valence-electron chi connectivity index (χ1n) is 6.36. The van der Waals surface area contributed by atoms with Gasteiger partial charge in [0.25, 0.3) is 0 Å². The minimum Gasteiger partial charge on any atom is -0.474 e. The number of carbonyl (C=O) groups excluding carboxylic acids is 1. The Balaban J connectivity index is 1.68. The van der Waals surface area contributed by atoms with Crippen LogP contribution in [0.4, 0.5) is 0 Å². The number of hydrogen-bond acceptors (Lipinski definition) is 5. The zero-order chi connectivity index (χ0) is 13.0. The van der Waals surface area contributed by atoms with Gasteiger partial charge in [0.1, 0.15) is 12.7 Å². The third-order valence-electron chi connectivity index (χ3n) is 3.18. The number of nitrogens with one attached hydrogen (secondary N) is 1. The van der Waals surface area contributed by atoms with Gasteiger partial charge in [0, 0.05) is 18.7 Å². The fourth-order valence-electron chi connectivity index (χ4n) is 1.97. The molecule has 2 rings (SSSR count). The molecule has 0 aromatic rings. The monoisotopic (exact) mass is 252 g/mol. The zero-order valence-corrected chi connectivity index (χ0v) is 10.9. The van der Waals surface area contributed by atoms with Gasteiger partial charge in [0.05, 0.1) is 6.10 Å². The molecule has 1 unspecified atom stereocenters. The van der Waals surface area contributed by atoms with Crippen LogP contribution in [-0.2, 0) is 14.3 Å². The van der Waals surface area contributed by atoms with Crippen molar-refractivity contribution in [1.29, 1.82) is 0 Å². The van der Waals surface area contributed by atoms with Gasteiger partial charge < -0.3 is 14.8 Å². The van der Waals surface area contributed by atoms with E-state index in [1.165, 1.54) is 6.92 Å². The molecule has 2 aliphatic rings. The summed E-state index contributed by atoms with van der Waals surface area (Å²) in [5.74, 6) is 0.708. The number of ether oxygens (including phenoxy) is 2. The van der Waals surface area contributed by atoms with Crippen molar-refractivity contribution in [2.24, 2.45) is 4.99 Å². The highest BCUT2D eigenvalue weighted by Crippen LogP contribution is 2.26. The summed E-state index contributed by atoms with van der Waals surface area (Å²) < 4.78 is 11.1. The van der Waals surface area contributed by atoms with E-state index in [0.29, 0.717) is 18.3 Å². The molecule has 5 heteroatoms. The number of nitrogens with zero attached hydrogens (tertiary/aromatic N) is 1. The van der Waals surface area contributed by atoms with Crippen LogP contribution in [0.2, 0.25) is 0 Å². The van der Waals surface area contributed by atoms with Gasteiger partial charge in [-0.3, -0.25) is 4.79 Å². The predicted octanol–water partition coefficient (Wildman–Crippen LogP) is 1.04. The van der Waals surface area contributed by atoms with Crippen molar-refractivity contribution in [2.45, 2.75) is 44.4 Å². The van der Waals surface area contributed by atoms with E-state index >= 15 is 0 Å². The number of aliphatic imine (C=N–C) groups is 1. The molecule has 0 aromatic carbocycles. The maximum Gasteiger partial charge on any atom is 0.209 e. The first kappa shape index (κ1) is 13.2. The van der Waals surface area contributed by atoms with E-state index in [4.69, 9.17) is 9.47 Å². The summed E-state index contributed by atoms with van der Waals surface area (Å²) in [5, 5.41) is 3.21. The van der Waals surface area contributed by atoms with Gasteiger partial charge in [-0.05, 0) is 32.9 Å². The minimum absolute atomic E-state index is 0.0296. The van der Waals surface area contributed by atoms with Crippen LogP contribution >= 0.6 is 0 Å². The summed E-state index contributed by atoms with van der Waals surface area (Å²) in [7, 11) is 1.97. The molecule has 0 aromatic heterocycles. The lowest BCUT2D eigenvalue weighted by Crippen LogP contribution is -2.43. The van der Waals surface area contributed by atoms with E-state index in [0.717, 1.165) is 12.8 Å². The Morgan fingerprint density at radius 3 is 2.89 bits per heavy atom. The van der Waals surface area contributed by atoms with Gasteiger partial charge in [-0.2, -0.15) is 0 Å². The maximum absolute atomic E-state index is 10.8. The van der Waals surface area contributed by atoms with E-state index in [1.807, 2.05) is 13.1 Å². The van der Waals surface area contributed by atoms with Crippen molar-refractivity contribution in [3.05, 3.63) is 12.0 Å². The molecule has 1 aliphatic heterocycles. The van der Waals surface area contributed by atoms with E-state index < -0.39 is 0 Å². The molecule has 1 atom stereocenters. The van der Waals surface area contributed by atoms with Crippen molar-refractivity contribution in [3.63, 3.8) is 0 Å². The van der Waals surface area contributed by atoms with Crippen LogP contribution in [0.3, 0.4) is 0 Å². The summed E-state index contributed by atoms with van der Waals surface area (Å²) in [5.41, 5.74) is 0. The normalized spacial score (nSPS) is 30.6. The Morgan fingerprint density at radius 1 is 1.56 bits per heavy atom. The van der Waals surface area contributed by atoms with E-state index in [1.54, 1.807) is 6.21 Å². The first-order chi connectivity index (χ1) is 8.67. The van der Waals surface area contributed by atoms with Crippen molar-refractivity contribution >= 4 is 12.0 Å².